The minimum atomic E-state index is -3.64. The summed E-state index contributed by atoms with van der Waals surface area (Å²) in [5.74, 6) is 0.918. The molecular formula is C17H18N4O3S. The zero-order valence-corrected chi connectivity index (χ0v) is 14.7. The standard InChI is InChI=1S/C17H18N4O3S/c1-12(2)13-3-5-15(6-4-13)25(22,23)19-11-16-20-17(21-24-16)14-7-9-18-10-8-14/h3-10,12,19H,11H2,1-2H3. The number of hydrogen-bond acceptors (Lipinski definition) is 6. The maximum absolute atomic E-state index is 12.4. The molecule has 0 radical (unpaired) electrons. The molecule has 0 spiro atoms. The Hall–Kier alpha value is -2.58. The quantitative estimate of drug-likeness (QED) is 0.727. The number of benzene rings is 1. The highest BCUT2D eigenvalue weighted by atomic mass is 32.2. The van der Waals surface area contributed by atoms with Gasteiger partial charge in [0.1, 0.15) is 0 Å². The molecule has 1 aromatic carbocycles. The van der Waals surface area contributed by atoms with E-state index in [1.54, 1.807) is 36.7 Å². The van der Waals surface area contributed by atoms with Gasteiger partial charge in [0.25, 0.3) is 0 Å². The van der Waals surface area contributed by atoms with Gasteiger partial charge in [-0.15, -0.1) is 0 Å². The van der Waals surface area contributed by atoms with E-state index in [2.05, 4.69) is 33.7 Å². The average molecular weight is 358 g/mol. The molecule has 8 heteroatoms. The van der Waals surface area contributed by atoms with Crippen molar-refractivity contribution in [1.29, 1.82) is 0 Å². The van der Waals surface area contributed by atoms with E-state index in [-0.39, 0.29) is 17.3 Å². The molecule has 0 aliphatic heterocycles. The monoisotopic (exact) mass is 358 g/mol. The van der Waals surface area contributed by atoms with E-state index in [9.17, 15) is 8.42 Å². The molecule has 0 atom stereocenters. The van der Waals surface area contributed by atoms with Crippen LogP contribution in [0.3, 0.4) is 0 Å². The summed E-state index contributed by atoms with van der Waals surface area (Å²) in [6, 6.07) is 10.3. The van der Waals surface area contributed by atoms with Crippen molar-refractivity contribution in [3.05, 3.63) is 60.2 Å². The Morgan fingerprint density at radius 3 is 2.40 bits per heavy atom. The molecular weight excluding hydrogens is 340 g/mol. The summed E-state index contributed by atoms with van der Waals surface area (Å²) in [4.78, 5) is 8.30. The van der Waals surface area contributed by atoms with Gasteiger partial charge in [0.2, 0.25) is 21.7 Å². The maximum atomic E-state index is 12.4. The minimum Gasteiger partial charge on any atom is -0.338 e. The van der Waals surface area contributed by atoms with Gasteiger partial charge in [-0.25, -0.2) is 13.1 Å². The molecule has 3 aromatic rings. The predicted molar refractivity (Wildman–Crippen MR) is 92.1 cm³/mol. The zero-order chi connectivity index (χ0) is 17.9. The van der Waals surface area contributed by atoms with Gasteiger partial charge >= 0.3 is 0 Å². The highest BCUT2D eigenvalue weighted by Gasteiger charge is 2.16. The summed E-state index contributed by atoms with van der Waals surface area (Å²) < 4.78 is 32.3. The fourth-order valence-corrected chi connectivity index (χ4v) is 3.19. The van der Waals surface area contributed by atoms with Crippen LogP contribution >= 0.6 is 0 Å². The Kier molecular flexibility index (Phi) is 4.91. The summed E-state index contributed by atoms with van der Waals surface area (Å²) in [6.07, 6.45) is 3.24. The lowest BCUT2D eigenvalue weighted by molar-refractivity contribution is 0.376. The fraction of sp³-hybridized carbons (Fsp3) is 0.235. The van der Waals surface area contributed by atoms with Gasteiger partial charge in [-0.1, -0.05) is 31.1 Å². The molecule has 0 bridgehead atoms. The van der Waals surface area contributed by atoms with E-state index in [0.717, 1.165) is 11.1 Å². The molecule has 0 fully saturated rings. The lowest BCUT2D eigenvalue weighted by Gasteiger charge is -2.08. The zero-order valence-electron chi connectivity index (χ0n) is 13.9. The highest BCUT2D eigenvalue weighted by Crippen LogP contribution is 2.18. The first-order chi connectivity index (χ1) is 12.0. The second-order valence-corrected chi connectivity index (χ2v) is 7.56. The molecule has 7 nitrogen and oxygen atoms in total. The van der Waals surface area contributed by atoms with Crippen LogP contribution in [0.2, 0.25) is 0 Å². The molecule has 0 aliphatic rings. The SMILES string of the molecule is CC(C)c1ccc(S(=O)(=O)NCc2nc(-c3ccncc3)no2)cc1. The highest BCUT2D eigenvalue weighted by molar-refractivity contribution is 7.89. The third-order valence-electron chi connectivity index (χ3n) is 3.68. The van der Waals surface area contributed by atoms with Crippen molar-refractivity contribution in [2.75, 3.05) is 0 Å². The number of nitrogens with zero attached hydrogens (tertiary/aromatic N) is 3. The van der Waals surface area contributed by atoms with Gasteiger partial charge < -0.3 is 4.52 Å². The molecule has 0 saturated carbocycles. The molecule has 0 aliphatic carbocycles. The minimum absolute atomic E-state index is 0.0770. The predicted octanol–water partition coefficient (Wildman–Crippen LogP) is 2.73. The number of aromatic nitrogens is 3. The Morgan fingerprint density at radius 2 is 1.76 bits per heavy atom. The average Bonchev–Trinajstić information content (AvgIpc) is 3.10. The number of pyridine rings is 1. The van der Waals surface area contributed by atoms with Crippen molar-refractivity contribution in [2.24, 2.45) is 0 Å². The van der Waals surface area contributed by atoms with Crippen LogP contribution in [0.15, 0.2) is 58.2 Å². The van der Waals surface area contributed by atoms with Crippen LogP contribution in [-0.4, -0.2) is 23.5 Å². The van der Waals surface area contributed by atoms with Crippen LogP contribution in [0.25, 0.3) is 11.4 Å². The third kappa shape index (κ3) is 4.09. The van der Waals surface area contributed by atoms with Crippen molar-refractivity contribution in [3.8, 4) is 11.4 Å². The molecule has 2 aromatic heterocycles. The molecule has 0 saturated heterocycles. The Bertz CT molecular complexity index is 936. The van der Waals surface area contributed by atoms with Crippen LogP contribution in [0.4, 0.5) is 0 Å². The van der Waals surface area contributed by atoms with E-state index in [1.165, 1.54) is 0 Å². The first kappa shape index (κ1) is 17.2. The van der Waals surface area contributed by atoms with E-state index >= 15 is 0 Å². The molecule has 1 N–H and O–H groups in total. The van der Waals surface area contributed by atoms with Gasteiger partial charge in [-0.05, 0) is 35.7 Å². The van der Waals surface area contributed by atoms with Gasteiger partial charge in [-0.3, -0.25) is 4.98 Å². The molecule has 0 unspecified atom stereocenters. The Morgan fingerprint density at radius 1 is 1.08 bits per heavy atom. The van der Waals surface area contributed by atoms with Crippen molar-refractivity contribution in [2.45, 2.75) is 31.2 Å². The van der Waals surface area contributed by atoms with E-state index in [1.807, 2.05) is 12.1 Å². The lowest BCUT2D eigenvalue weighted by atomic mass is 10.0. The fourth-order valence-electron chi connectivity index (χ4n) is 2.22. The third-order valence-corrected chi connectivity index (χ3v) is 5.09. The van der Waals surface area contributed by atoms with Crippen molar-refractivity contribution >= 4 is 10.0 Å². The first-order valence-electron chi connectivity index (χ1n) is 7.78. The summed E-state index contributed by atoms with van der Waals surface area (Å²) in [6.45, 7) is 4.03. The number of sulfonamides is 1. The van der Waals surface area contributed by atoms with Crippen LogP contribution in [0, 0.1) is 0 Å². The summed E-state index contributed by atoms with van der Waals surface area (Å²) in [7, 11) is -3.64. The molecule has 2 heterocycles. The van der Waals surface area contributed by atoms with Crippen molar-refractivity contribution in [1.82, 2.24) is 19.8 Å². The molecule has 130 valence electrons. The van der Waals surface area contributed by atoms with Crippen molar-refractivity contribution in [3.63, 3.8) is 0 Å². The number of hydrogen-bond donors (Lipinski definition) is 1. The number of nitrogens with one attached hydrogen (secondary N) is 1. The molecule has 25 heavy (non-hydrogen) atoms. The number of rotatable bonds is 6. The second kappa shape index (κ2) is 7.12. The van der Waals surface area contributed by atoms with E-state index in [4.69, 9.17) is 4.52 Å². The van der Waals surface area contributed by atoms with Crippen LogP contribution in [-0.2, 0) is 16.6 Å². The summed E-state index contributed by atoms with van der Waals surface area (Å²) in [5.41, 5.74) is 1.83. The van der Waals surface area contributed by atoms with Gasteiger partial charge in [-0.2, -0.15) is 4.98 Å². The Balaban J connectivity index is 1.69. The Labute approximate surface area is 146 Å². The van der Waals surface area contributed by atoms with Crippen LogP contribution in [0.5, 0.6) is 0 Å². The topological polar surface area (TPSA) is 98.0 Å². The van der Waals surface area contributed by atoms with Crippen molar-refractivity contribution < 1.29 is 12.9 Å². The largest absolute Gasteiger partial charge is 0.338 e. The maximum Gasteiger partial charge on any atom is 0.242 e. The molecule has 3 rings (SSSR count). The smallest absolute Gasteiger partial charge is 0.242 e. The second-order valence-electron chi connectivity index (χ2n) is 5.80. The molecule has 0 amide bonds. The van der Waals surface area contributed by atoms with Crippen LogP contribution < -0.4 is 4.72 Å². The van der Waals surface area contributed by atoms with E-state index in [0.29, 0.717) is 11.7 Å². The van der Waals surface area contributed by atoms with Gasteiger partial charge in [0.05, 0.1) is 11.4 Å². The van der Waals surface area contributed by atoms with Gasteiger partial charge in [0, 0.05) is 18.0 Å². The van der Waals surface area contributed by atoms with E-state index < -0.39 is 10.0 Å². The summed E-state index contributed by atoms with van der Waals surface area (Å²) >= 11 is 0. The lowest BCUT2D eigenvalue weighted by Crippen LogP contribution is -2.23. The van der Waals surface area contributed by atoms with Gasteiger partial charge in [0.15, 0.2) is 0 Å². The van der Waals surface area contributed by atoms with Crippen LogP contribution in [0.1, 0.15) is 31.2 Å². The normalized spacial score (nSPS) is 11.8. The first-order valence-corrected chi connectivity index (χ1v) is 9.26. The summed E-state index contributed by atoms with van der Waals surface area (Å²) in [5, 5.41) is 3.84.